The molecule has 0 radical (unpaired) electrons. The first-order valence-electron chi connectivity index (χ1n) is 13.6. The van der Waals surface area contributed by atoms with Crippen molar-refractivity contribution in [3.63, 3.8) is 0 Å². The van der Waals surface area contributed by atoms with Crippen molar-refractivity contribution in [2.45, 2.75) is 12.7 Å². The molecule has 3 aliphatic heterocycles. The van der Waals surface area contributed by atoms with Crippen molar-refractivity contribution >= 4 is 17.3 Å². The summed E-state index contributed by atoms with van der Waals surface area (Å²) in [5, 5.41) is 5.10. The Morgan fingerprint density at radius 3 is 2.38 bits per heavy atom. The smallest absolute Gasteiger partial charge is 0.379 e. The topological polar surface area (TPSA) is 60.1 Å². The Morgan fingerprint density at radius 2 is 1.69 bits per heavy atom. The van der Waals surface area contributed by atoms with Crippen LogP contribution in [0.25, 0.3) is 11.1 Å². The van der Waals surface area contributed by atoms with Gasteiger partial charge in [0.05, 0.1) is 35.7 Å². The Hall–Kier alpha value is -3.74. The molecule has 2 aromatic carbocycles. The summed E-state index contributed by atoms with van der Waals surface area (Å²) in [6.45, 7) is 8.92. The number of nitrogens with one attached hydrogen (secondary N) is 2. The number of likely N-dealkylation sites (N-methyl/N-ethyl adjacent to an activating group) is 1. The summed E-state index contributed by atoms with van der Waals surface area (Å²) < 4.78 is 77.6. The van der Waals surface area contributed by atoms with Gasteiger partial charge in [-0.1, -0.05) is 12.6 Å². The zero-order valence-electron chi connectivity index (χ0n) is 23.2. The molecule has 2 saturated heterocycles. The van der Waals surface area contributed by atoms with Crippen molar-refractivity contribution in [2.24, 2.45) is 0 Å². The van der Waals surface area contributed by atoms with Crippen LogP contribution in [0.4, 0.5) is 33.3 Å². The summed E-state index contributed by atoms with van der Waals surface area (Å²) >= 11 is 0. The van der Waals surface area contributed by atoms with Crippen LogP contribution in [0.5, 0.6) is 0 Å². The summed E-state index contributed by atoms with van der Waals surface area (Å²) in [5.41, 5.74) is -0.810. The van der Waals surface area contributed by atoms with Crippen molar-refractivity contribution in [3.05, 3.63) is 83.2 Å². The minimum Gasteiger partial charge on any atom is -0.379 e. The second kappa shape index (κ2) is 12.2. The van der Waals surface area contributed by atoms with Crippen LogP contribution in [0.3, 0.4) is 0 Å². The van der Waals surface area contributed by atoms with E-state index in [-0.39, 0.29) is 22.5 Å². The van der Waals surface area contributed by atoms with Crippen LogP contribution >= 0.6 is 0 Å². The summed E-state index contributed by atoms with van der Waals surface area (Å²) in [6, 6.07) is 6.97. The van der Waals surface area contributed by atoms with E-state index in [9.17, 15) is 18.0 Å². The SMILES string of the molecule is C=C1C=C(C(F)(F)F)C(C(=O)Nc2cc(-c3cc(CN4CCOCC4)ccc3F)c(F)cc2N2CCN(C)CC2)=CN1. The molecule has 1 amide bonds. The number of alkyl halides is 3. The number of dihydropyridines is 1. The highest BCUT2D eigenvalue weighted by molar-refractivity contribution is 6.09. The molecule has 0 bridgehead atoms. The third-order valence-corrected chi connectivity index (χ3v) is 7.57. The van der Waals surface area contributed by atoms with Crippen LogP contribution in [0, 0.1) is 11.6 Å². The zero-order chi connectivity index (χ0) is 30.0. The maximum Gasteiger partial charge on any atom is 0.417 e. The molecule has 42 heavy (non-hydrogen) atoms. The standard InChI is InChI=1S/C30H32F5N5O2/c1-19-13-24(30(33,34)35)23(17-36-19)29(41)37-27-15-22(26(32)16-28(27)40-7-5-38(2)6-8-40)21-14-20(3-4-25(21)31)18-39-9-11-42-12-10-39/h3-4,13-17,36H,1,5-12,18H2,2H3,(H,37,41). The monoisotopic (exact) mass is 589 g/mol. The second-order valence-electron chi connectivity index (χ2n) is 10.6. The number of rotatable bonds is 6. The number of carbonyl (C=O) groups excluding carboxylic acids is 1. The molecule has 224 valence electrons. The third kappa shape index (κ3) is 6.66. The zero-order valence-corrected chi connectivity index (χ0v) is 23.2. The van der Waals surface area contributed by atoms with Gasteiger partial charge < -0.3 is 25.2 Å². The molecule has 5 rings (SSSR count). The van der Waals surface area contributed by atoms with Gasteiger partial charge in [0.25, 0.3) is 5.91 Å². The van der Waals surface area contributed by atoms with E-state index >= 15 is 8.78 Å². The van der Waals surface area contributed by atoms with Gasteiger partial charge in [0.2, 0.25) is 0 Å². The molecular weight excluding hydrogens is 557 g/mol. The second-order valence-corrected chi connectivity index (χ2v) is 10.6. The van der Waals surface area contributed by atoms with Crippen molar-refractivity contribution in [1.82, 2.24) is 15.1 Å². The van der Waals surface area contributed by atoms with Crippen LogP contribution in [-0.4, -0.2) is 81.4 Å². The number of nitrogens with zero attached hydrogens (tertiary/aromatic N) is 3. The largest absolute Gasteiger partial charge is 0.417 e. The minimum atomic E-state index is -4.81. The lowest BCUT2D eigenvalue weighted by molar-refractivity contribution is -0.115. The molecule has 2 fully saturated rings. The number of morpholine rings is 1. The fourth-order valence-corrected chi connectivity index (χ4v) is 5.22. The fraction of sp³-hybridized carbons (Fsp3) is 0.367. The number of benzene rings is 2. The van der Waals surface area contributed by atoms with E-state index < -0.39 is 34.9 Å². The predicted octanol–water partition coefficient (Wildman–Crippen LogP) is 4.64. The van der Waals surface area contributed by atoms with E-state index in [1.165, 1.54) is 18.2 Å². The van der Waals surface area contributed by atoms with E-state index in [4.69, 9.17) is 4.74 Å². The number of amides is 1. The first kappa shape index (κ1) is 29.7. The van der Waals surface area contributed by atoms with E-state index in [1.807, 2.05) is 11.9 Å². The highest BCUT2D eigenvalue weighted by Crippen LogP contribution is 2.38. The first-order chi connectivity index (χ1) is 20.0. The van der Waals surface area contributed by atoms with Crippen LogP contribution in [0.2, 0.25) is 0 Å². The molecule has 2 aromatic rings. The van der Waals surface area contributed by atoms with Crippen LogP contribution < -0.4 is 15.5 Å². The van der Waals surface area contributed by atoms with E-state index in [0.717, 1.165) is 17.8 Å². The van der Waals surface area contributed by atoms with Gasteiger partial charge in [0.1, 0.15) is 11.6 Å². The van der Waals surface area contributed by atoms with E-state index in [2.05, 4.69) is 27.0 Å². The highest BCUT2D eigenvalue weighted by Gasteiger charge is 2.40. The molecule has 0 atom stereocenters. The fourth-order valence-electron chi connectivity index (χ4n) is 5.22. The number of hydrogen-bond donors (Lipinski definition) is 2. The molecule has 7 nitrogen and oxygen atoms in total. The van der Waals surface area contributed by atoms with Crippen molar-refractivity contribution in [1.29, 1.82) is 0 Å². The third-order valence-electron chi connectivity index (χ3n) is 7.57. The number of allylic oxidation sites excluding steroid dienone is 1. The molecule has 3 heterocycles. The molecular formula is C30H32F5N5O2. The summed E-state index contributed by atoms with van der Waals surface area (Å²) in [7, 11) is 1.94. The summed E-state index contributed by atoms with van der Waals surface area (Å²) in [4.78, 5) is 19.4. The number of halogens is 5. The molecule has 0 saturated carbocycles. The Bertz CT molecular complexity index is 1420. The van der Waals surface area contributed by atoms with Gasteiger partial charge in [0.15, 0.2) is 0 Å². The van der Waals surface area contributed by atoms with Crippen molar-refractivity contribution in [3.8, 4) is 11.1 Å². The first-order valence-corrected chi connectivity index (χ1v) is 13.6. The average Bonchev–Trinajstić information content (AvgIpc) is 2.95. The van der Waals surface area contributed by atoms with Crippen LogP contribution in [-0.2, 0) is 16.1 Å². The Labute approximate surface area is 240 Å². The molecule has 0 aliphatic carbocycles. The molecule has 12 heteroatoms. The molecule has 0 spiro atoms. The maximum absolute atomic E-state index is 15.7. The number of ether oxygens (including phenoxy) is 1. The molecule has 2 N–H and O–H groups in total. The lowest BCUT2D eigenvalue weighted by atomic mass is 9.98. The quantitative estimate of drug-likeness (QED) is 0.479. The maximum atomic E-state index is 15.7. The summed E-state index contributed by atoms with van der Waals surface area (Å²) in [6.07, 6.45) is -3.12. The van der Waals surface area contributed by atoms with Crippen LogP contribution in [0.15, 0.2) is 66.0 Å². The van der Waals surface area contributed by atoms with Gasteiger partial charge in [0, 0.05) is 68.8 Å². The molecule has 3 aliphatic rings. The lowest BCUT2D eigenvalue weighted by Gasteiger charge is -2.35. The summed E-state index contributed by atoms with van der Waals surface area (Å²) in [5.74, 6) is -2.42. The van der Waals surface area contributed by atoms with E-state index in [1.54, 1.807) is 12.1 Å². The van der Waals surface area contributed by atoms with E-state index in [0.29, 0.717) is 64.7 Å². The number of anilines is 2. The molecule has 0 aromatic heterocycles. The number of carbonyl (C=O) groups is 1. The lowest BCUT2D eigenvalue weighted by Crippen LogP contribution is -2.44. The van der Waals surface area contributed by atoms with Gasteiger partial charge in [-0.2, -0.15) is 13.2 Å². The Kier molecular flexibility index (Phi) is 8.67. The van der Waals surface area contributed by atoms with Crippen LogP contribution in [0.1, 0.15) is 5.56 Å². The number of piperazine rings is 1. The van der Waals surface area contributed by atoms with Gasteiger partial charge >= 0.3 is 6.18 Å². The highest BCUT2D eigenvalue weighted by atomic mass is 19.4. The van der Waals surface area contributed by atoms with Gasteiger partial charge in [-0.3, -0.25) is 9.69 Å². The Morgan fingerprint density at radius 1 is 1.00 bits per heavy atom. The number of hydrogen-bond acceptors (Lipinski definition) is 6. The van der Waals surface area contributed by atoms with Gasteiger partial charge in [-0.05, 0) is 43.0 Å². The van der Waals surface area contributed by atoms with Gasteiger partial charge in [-0.15, -0.1) is 0 Å². The normalized spacial score (nSPS) is 18.8. The van der Waals surface area contributed by atoms with Gasteiger partial charge in [-0.25, -0.2) is 8.78 Å². The molecule has 0 unspecified atom stereocenters. The minimum absolute atomic E-state index is 0.00981. The Balaban J connectivity index is 1.52. The van der Waals surface area contributed by atoms with Crippen molar-refractivity contribution in [2.75, 3.05) is 69.7 Å². The predicted molar refractivity (Wildman–Crippen MR) is 151 cm³/mol. The van der Waals surface area contributed by atoms with Crippen molar-refractivity contribution < 1.29 is 31.5 Å². The average molecular weight is 590 g/mol.